The van der Waals surface area contributed by atoms with E-state index >= 15 is 0 Å². The summed E-state index contributed by atoms with van der Waals surface area (Å²) in [5, 5.41) is 29.6. The highest BCUT2D eigenvalue weighted by molar-refractivity contribution is 5.86. The second kappa shape index (κ2) is 6.60. The maximum absolute atomic E-state index is 12.9. The summed E-state index contributed by atoms with van der Waals surface area (Å²) in [6, 6.07) is 12.8. The molecule has 2 aliphatic heterocycles. The lowest BCUT2D eigenvalue weighted by Crippen LogP contribution is -2.42. The highest BCUT2D eigenvalue weighted by atomic mass is 16.3. The van der Waals surface area contributed by atoms with Gasteiger partial charge >= 0.3 is 0 Å². The Morgan fingerprint density at radius 3 is 2.50 bits per heavy atom. The molecule has 4 unspecified atom stereocenters. The number of phenols is 2. The zero-order chi connectivity index (χ0) is 18.3. The molecule has 0 saturated carbocycles. The summed E-state index contributed by atoms with van der Waals surface area (Å²) >= 11 is 0. The number of para-hydroxylation sites is 1. The summed E-state index contributed by atoms with van der Waals surface area (Å²) in [5.74, 6) is -0.0255. The number of nitrogens with one attached hydrogen (secondary N) is 2. The van der Waals surface area contributed by atoms with Crippen LogP contribution in [-0.2, 0) is 4.79 Å². The van der Waals surface area contributed by atoms with Gasteiger partial charge < -0.3 is 20.2 Å². The van der Waals surface area contributed by atoms with E-state index in [1.807, 2.05) is 18.2 Å². The number of hydrogen-bond donors (Lipinski definition) is 5. The van der Waals surface area contributed by atoms with Crippen LogP contribution in [-0.4, -0.2) is 45.3 Å². The molecule has 1 amide bonds. The van der Waals surface area contributed by atoms with E-state index in [1.165, 1.54) is 0 Å². The summed E-state index contributed by atoms with van der Waals surface area (Å²) in [6.45, 7) is 0.0660. The number of carbonyl (C=O) groups is 1. The minimum absolute atomic E-state index is 0.109. The lowest BCUT2D eigenvalue weighted by Gasteiger charge is -2.31. The third-order valence-electron chi connectivity index (χ3n) is 5.24. The molecule has 7 heteroatoms. The van der Waals surface area contributed by atoms with Crippen molar-refractivity contribution in [2.24, 2.45) is 5.92 Å². The second-order valence-electron chi connectivity index (χ2n) is 6.68. The number of aromatic hydroxyl groups is 2. The molecule has 2 aromatic rings. The number of nitrogens with zero attached hydrogens (tertiary/aromatic N) is 1. The van der Waals surface area contributed by atoms with Crippen LogP contribution in [0.1, 0.15) is 23.2 Å². The molecule has 26 heavy (non-hydrogen) atoms. The van der Waals surface area contributed by atoms with Crippen LogP contribution in [0.15, 0.2) is 48.5 Å². The number of hydrazine groups is 1. The number of phenolic OH excluding ortho intramolecular Hbond substituents is 2. The molecule has 2 saturated heterocycles. The molecule has 0 aliphatic carbocycles. The molecule has 7 nitrogen and oxygen atoms in total. The van der Waals surface area contributed by atoms with Gasteiger partial charge in [-0.1, -0.05) is 30.3 Å². The molecular weight excluding hydrogens is 334 g/mol. The van der Waals surface area contributed by atoms with E-state index in [1.54, 1.807) is 35.2 Å². The van der Waals surface area contributed by atoms with Crippen molar-refractivity contribution in [2.45, 2.75) is 18.1 Å². The Morgan fingerprint density at radius 1 is 1.00 bits per heavy atom. The zero-order valence-electron chi connectivity index (χ0n) is 14.0. The third kappa shape index (κ3) is 2.61. The molecule has 4 rings (SSSR count). The van der Waals surface area contributed by atoms with E-state index in [4.69, 9.17) is 0 Å². The first kappa shape index (κ1) is 16.8. The van der Waals surface area contributed by atoms with Gasteiger partial charge in [-0.2, -0.15) is 0 Å². The molecule has 136 valence electrons. The van der Waals surface area contributed by atoms with Crippen molar-refractivity contribution in [1.29, 1.82) is 0 Å². The van der Waals surface area contributed by atoms with Crippen LogP contribution < -0.4 is 10.9 Å². The Bertz CT molecular complexity index is 828. The van der Waals surface area contributed by atoms with Crippen molar-refractivity contribution in [1.82, 2.24) is 15.8 Å². The lowest BCUT2D eigenvalue weighted by molar-refractivity contribution is -0.131. The number of likely N-dealkylation sites (tertiary alicyclic amines) is 1. The molecule has 0 radical (unpaired) electrons. The van der Waals surface area contributed by atoms with Gasteiger partial charge in [-0.3, -0.25) is 4.79 Å². The molecule has 2 aliphatic rings. The smallest absolute Gasteiger partial charge is 0.242 e. The van der Waals surface area contributed by atoms with Crippen LogP contribution in [0.25, 0.3) is 0 Å². The minimum atomic E-state index is -0.474. The summed E-state index contributed by atoms with van der Waals surface area (Å²) in [5.41, 5.74) is 7.69. The van der Waals surface area contributed by atoms with Crippen molar-refractivity contribution < 1.29 is 20.1 Å². The first-order valence-electron chi connectivity index (χ1n) is 8.61. The van der Waals surface area contributed by atoms with Crippen LogP contribution in [0.4, 0.5) is 0 Å². The van der Waals surface area contributed by atoms with Crippen LogP contribution in [0.5, 0.6) is 11.5 Å². The monoisotopic (exact) mass is 355 g/mol. The number of carbonyl (C=O) groups excluding carboxylic acids is 1. The van der Waals surface area contributed by atoms with E-state index < -0.39 is 6.04 Å². The summed E-state index contributed by atoms with van der Waals surface area (Å²) in [6.07, 6.45) is 0. The van der Waals surface area contributed by atoms with Crippen molar-refractivity contribution in [3.05, 3.63) is 59.7 Å². The maximum Gasteiger partial charge on any atom is 0.242 e. The number of β-amino-alcohol motifs (C(OH)–C–C–N with tert-alkyl or cyclic N) is 1. The number of aliphatic hydroxyl groups is 1. The highest BCUT2D eigenvalue weighted by Crippen LogP contribution is 2.48. The third-order valence-corrected chi connectivity index (χ3v) is 5.24. The Balaban J connectivity index is 1.79. The van der Waals surface area contributed by atoms with Gasteiger partial charge in [0.25, 0.3) is 0 Å². The molecule has 0 spiro atoms. The average Bonchev–Trinajstić information content (AvgIpc) is 3.16. The lowest BCUT2D eigenvalue weighted by atomic mass is 9.83. The predicted octanol–water partition coefficient (Wildman–Crippen LogP) is 0.807. The standard InChI is InChI=1S/C19H21N3O4/c23-9-8-22-18(11-4-3-5-12(24)10-11)15-16(20-21-17(15)19(22)26)13-6-1-2-7-14(13)25/h1-7,10,15-18,20-21,23-25H,8-9H2. The van der Waals surface area contributed by atoms with Crippen LogP contribution >= 0.6 is 0 Å². The normalized spacial score (nSPS) is 27.7. The molecule has 2 heterocycles. The van der Waals surface area contributed by atoms with Gasteiger partial charge in [-0.15, -0.1) is 0 Å². The molecule has 0 bridgehead atoms. The largest absolute Gasteiger partial charge is 0.508 e. The van der Waals surface area contributed by atoms with E-state index in [9.17, 15) is 20.1 Å². The van der Waals surface area contributed by atoms with Gasteiger partial charge in [0.1, 0.15) is 17.5 Å². The van der Waals surface area contributed by atoms with Gasteiger partial charge in [0, 0.05) is 18.0 Å². The highest BCUT2D eigenvalue weighted by Gasteiger charge is 2.55. The van der Waals surface area contributed by atoms with Gasteiger partial charge in [-0.25, -0.2) is 10.9 Å². The number of amides is 1. The summed E-state index contributed by atoms with van der Waals surface area (Å²) < 4.78 is 0. The number of rotatable bonds is 4. The van der Waals surface area contributed by atoms with Gasteiger partial charge in [0.05, 0.1) is 18.7 Å². The van der Waals surface area contributed by atoms with Crippen molar-refractivity contribution in [2.75, 3.05) is 13.2 Å². The van der Waals surface area contributed by atoms with Gasteiger partial charge in [-0.05, 0) is 23.8 Å². The van der Waals surface area contributed by atoms with Crippen molar-refractivity contribution in [3.63, 3.8) is 0 Å². The maximum atomic E-state index is 12.9. The SMILES string of the molecule is O=C1C2NNC(c3ccccc3O)C2C(c2cccc(O)c2)N1CCO. The molecule has 5 N–H and O–H groups in total. The number of benzene rings is 2. The van der Waals surface area contributed by atoms with Gasteiger partial charge in [0.15, 0.2) is 0 Å². The Labute approximate surface area is 150 Å². The molecule has 0 aromatic heterocycles. The Morgan fingerprint density at radius 2 is 1.77 bits per heavy atom. The molecular formula is C19H21N3O4. The van der Waals surface area contributed by atoms with Crippen LogP contribution in [0.3, 0.4) is 0 Å². The summed E-state index contributed by atoms with van der Waals surface area (Å²) in [4.78, 5) is 14.5. The van der Waals surface area contributed by atoms with Gasteiger partial charge in [0.2, 0.25) is 5.91 Å². The fraction of sp³-hybridized carbons (Fsp3) is 0.316. The van der Waals surface area contributed by atoms with Crippen LogP contribution in [0, 0.1) is 5.92 Å². The molecule has 4 atom stereocenters. The van der Waals surface area contributed by atoms with Crippen molar-refractivity contribution in [3.8, 4) is 11.5 Å². The number of hydrogen-bond acceptors (Lipinski definition) is 6. The van der Waals surface area contributed by atoms with Crippen molar-refractivity contribution >= 4 is 5.91 Å². The fourth-order valence-corrected chi connectivity index (χ4v) is 4.18. The predicted molar refractivity (Wildman–Crippen MR) is 94.0 cm³/mol. The van der Waals surface area contributed by atoms with E-state index in [0.29, 0.717) is 5.56 Å². The van der Waals surface area contributed by atoms with E-state index in [2.05, 4.69) is 10.9 Å². The second-order valence-corrected chi connectivity index (χ2v) is 6.68. The topological polar surface area (TPSA) is 105 Å². The zero-order valence-corrected chi connectivity index (χ0v) is 14.0. The summed E-state index contributed by atoms with van der Waals surface area (Å²) in [7, 11) is 0. The van der Waals surface area contributed by atoms with E-state index in [-0.39, 0.29) is 48.6 Å². The molecule has 2 fully saturated rings. The van der Waals surface area contributed by atoms with Crippen LogP contribution in [0.2, 0.25) is 0 Å². The Kier molecular flexibility index (Phi) is 4.28. The first-order chi connectivity index (χ1) is 12.6. The van der Waals surface area contributed by atoms with E-state index in [0.717, 1.165) is 5.56 Å². The number of fused-ring (bicyclic) bond motifs is 1. The number of aliphatic hydroxyl groups excluding tert-OH is 1. The Hall–Kier alpha value is -2.61. The average molecular weight is 355 g/mol. The molecule has 2 aromatic carbocycles. The fourth-order valence-electron chi connectivity index (χ4n) is 4.18. The minimum Gasteiger partial charge on any atom is -0.508 e. The quantitative estimate of drug-likeness (QED) is 0.556. The first-order valence-corrected chi connectivity index (χ1v) is 8.61.